The number of anilines is 1. The van der Waals surface area contributed by atoms with Crippen LogP contribution in [0.5, 0.6) is 5.75 Å². The first-order valence-corrected chi connectivity index (χ1v) is 9.87. The van der Waals surface area contributed by atoms with Crippen molar-refractivity contribution in [2.75, 3.05) is 11.9 Å². The Balaban J connectivity index is 2.19. The van der Waals surface area contributed by atoms with E-state index in [0.29, 0.717) is 33.7 Å². The minimum Gasteiger partial charge on any atom is -0.491 e. The van der Waals surface area contributed by atoms with Gasteiger partial charge >= 0.3 is 0 Å². The van der Waals surface area contributed by atoms with Crippen LogP contribution in [0.15, 0.2) is 42.5 Å². The smallest absolute Gasteiger partial charge is 0.253 e. The highest BCUT2D eigenvalue weighted by molar-refractivity contribution is 6.34. The Morgan fingerprint density at radius 3 is 2.46 bits per heavy atom. The zero-order chi connectivity index (χ0) is 20.7. The number of halogens is 2. The molecule has 0 saturated carbocycles. The largest absolute Gasteiger partial charge is 0.491 e. The average Bonchev–Trinajstić information content (AvgIpc) is 2.65. The number of amides is 2. The second-order valence-electron chi connectivity index (χ2n) is 6.65. The van der Waals surface area contributed by atoms with Gasteiger partial charge in [0, 0.05) is 5.02 Å². The van der Waals surface area contributed by atoms with Crippen LogP contribution < -0.4 is 15.4 Å². The summed E-state index contributed by atoms with van der Waals surface area (Å²) in [5, 5.41) is 6.38. The second kappa shape index (κ2) is 10.3. The van der Waals surface area contributed by atoms with E-state index in [1.807, 2.05) is 20.8 Å². The summed E-state index contributed by atoms with van der Waals surface area (Å²) in [6.07, 6.45) is 0.832. The summed E-state index contributed by atoms with van der Waals surface area (Å²) in [5.41, 5.74) is 0.779. The molecule has 0 saturated heterocycles. The van der Waals surface area contributed by atoms with Crippen molar-refractivity contribution >= 4 is 40.7 Å². The number of nitrogens with one attached hydrogen (secondary N) is 2. The van der Waals surface area contributed by atoms with Crippen molar-refractivity contribution in [2.24, 2.45) is 5.92 Å². The first-order valence-electron chi connectivity index (χ1n) is 9.12. The fourth-order valence-corrected chi connectivity index (χ4v) is 2.94. The maximum atomic E-state index is 12.9. The first kappa shape index (κ1) is 22.1. The zero-order valence-corrected chi connectivity index (χ0v) is 17.6. The molecule has 5 nitrogen and oxygen atoms in total. The topological polar surface area (TPSA) is 67.4 Å². The van der Waals surface area contributed by atoms with Gasteiger partial charge in [-0.3, -0.25) is 9.59 Å². The van der Waals surface area contributed by atoms with Gasteiger partial charge in [-0.05, 0) is 42.7 Å². The van der Waals surface area contributed by atoms with E-state index < -0.39 is 11.9 Å². The predicted octanol–water partition coefficient (Wildman–Crippen LogP) is 5.18. The molecule has 1 unspecified atom stereocenters. The van der Waals surface area contributed by atoms with Crippen LogP contribution in [0.4, 0.5) is 5.69 Å². The second-order valence-corrected chi connectivity index (χ2v) is 7.50. The lowest BCUT2D eigenvalue weighted by atomic mass is 10.0. The molecule has 0 bridgehead atoms. The van der Waals surface area contributed by atoms with Gasteiger partial charge in [-0.15, -0.1) is 0 Å². The van der Waals surface area contributed by atoms with Crippen molar-refractivity contribution in [3.05, 3.63) is 58.1 Å². The molecule has 2 aromatic carbocycles. The Hall–Kier alpha value is -2.24. The number of benzene rings is 2. The van der Waals surface area contributed by atoms with Crippen LogP contribution in [-0.2, 0) is 4.79 Å². The van der Waals surface area contributed by atoms with Gasteiger partial charge in [0.1, 0.15) is 11.8 Å². The summed E-state index contributed by atoms with van der Waals surface area (Å²) >= 11 is 12.2. The molecule has 2 rings (SSSR count). The van der Waals surface area contributed by atoms with Crippen LogP contribution in [-0.4, -0.2) is 24.5 Å². The number of hydrogen-bond donors (Lipinski definition) is 2. The van der Waals surface area contributed by atoms with Crippen molar-refractivity contribution in [1.82, 2.24) is 5.32 Å². The first-order chi connectivity index (χ1) is 13.3. The SMILES string of the molecule is CCCOc1ccc(Cl)cc1NC(=O)C(NC(=O)c1ccccc1Cl)C(C)C. The predicted molar refractivity (Wildman–Crippen MR) is 113 cm³/mol. The van der Waals surface area contributed by atoms with E-state index >= 15 is 0 Å². The van der Waals surface area contributed by atoms with Crippen LogP contribution in [0.25, 0.3) is 0 Å². The van der Waals surface area contributed by atoms with Gasteiger partial charge in [0.15, 0.2) is 0 Å². The summed E-state index contributed by atoms with van der Waals surface area (Å²) in [5.74, 6) is -0.391. The molecular weight excluding hydrogens is 399 g/mol. The quantitative estimate of drug-likeness (QED) is 0.615. The normalized spacial score (nSPS) is 11.8. The minimum absolute atomic E-state index is 0.148. The van der Waals surface area contributed by atoms with Gasteiger partial charge in [0.2, 0.25) is 5.91 Å². The van der Waals surface area contributed by atoms with Crippen LogP contribution >= 0.6 is 23.2 Å². The molecule has 0 aliphatic rings. The molecule has 150 valence electrons. The van der Waals surface area contributed by atoms with E-state index in [-0.39, 0.29) is 11.8 Å². The van der Waals surface area contributed by atoms with Crippen LogP contribution in [0.2, 0.25) is 10.0 Å². The molecule has 2 aromatic rings. The Morgan fingerprint density at radius 1 is 1.11 bits per heavy atom. The number of carbonyl (C=O) groups excluding carboxylic acids is 2. The van der Waals surface area contributed by atoms with Gasteiger partial charge in [0.05, 0.1) is 22.9 Å². The molecule has 0 aliphatic carbocycles. The lowest BCUT2D eigenvalue weighted by Crippen LogP contribution is -2.47. The van der Waals surface area contributed by atoms with E-state index in [1.165, 1.54) is 0 Å². The fraction of sp³-hybridized carbons (Fsp3) is 0.333. The Labute approximate surface area is 175 Å². The number of carbonyl (C=O) groups is 2. The molecule has 0 aromatic heterocycles. The number of ether oxygens (including phenoxy) is 1. The zero-order valence-electron chi connectivity index (χ0n) is 16.1. The third kappa shape index (κ3) is 5.88. The molecular formula is C21H24Cl2N2O3. The van der Waals surface area contributed by atoms with Crippen molar-refractivity contribution in [3.63, 3.8) is 0 Å². The summed E-state index contributed by atoms with van der Waals surface area (Å²) in [6.45, 7) is 6.21. The maximum Gasteiger partial charge on any atom is 0.253 e. The molecule has 7 heteroatoms. The van der Waals surface area contributed by atoms with Gasteiger partial charge in [-0.2, -0.15) is 0 Å². The Morgan fingerprint density at radius 2 is 1.82 bits per heavy atom. The Kier molecular flexibility index (Phi) is 8.15. The van der Waals surface area contributed by atoms with E-state index in [1.54, 1.807) is 42.5 Å². The molecule has 0 heterocycles. The highest BCUT2D eigenvalue weighted by Crippen LogP contribution is 2.28. The summed E-state index contributed by atoms with van der Waals surface area (Å²) in [4.78, 5) is 25.5. The van der Waals surface area contributed by atoms with Crippen molar-refractivity contribution < 1.29 is 14.3 Å². The standard InChI is InChI=1S/C21H24Cl2N2O3/c1-4-11-28-18-10-9-14(22)12-17(18)24-21(27)19(13(2)3)25-20(26)15-7-5-6-8-16(15)23/h5-10,12-13,19H,4,11H2,1-3H3,(H,24,27)(H,25,26). The third-order valence-corrected chi connectivity index (χ3v) is 4.58. The molecule has 0 aliphatic heterocycles. The summed E-state index contributed by atoms with van der Waals surface area (Å²) in [7, 11) is 0. The van der Waals surface area contributed by atoms with Gasteiger partial charge < -0.3 is 15.4 Å². The van der Waals surface area contributed by atoms with E-state index in [0.717, 1.165) is 6.42 Å². The van der Waals surface area contributed by atoms with Gasteiger partial charge in [-0.25, -0.2) is 0 Å². The summed E-state index contributed by atoms with van der Waals surface area (Å²) < 4.78 is 5.67. The van der Waals surface area contributed by atoms with E-state index in [4.69, 9.17) is 27.9 Å². The molecule has 2 N–H and O–H groups in total. The van der Waals surface area contributed by atoms with Gasteiger partial charge in [0.25, 0.3) is 5.91 Å². The third-order valence-electron chi connectivity index (χ3n) is 4.02. The minimum atomic E-state index is -0.762. The Bertz CT molecular complexity index is 840. The maximum absolute atomic E-state index is 12.9. The molecule has 0 radical (unpaired) electrons. The number of hydrogen-bond acceptors (Lipinski definition) is 3. The van der Waals surface area contributed by atoms with E-state index in [9.17, 15) is 9.59 Å². The van der Waals surface area contributed by atoms with Crippen molar-refractivity contribution in [3.8, 4) is 5.75 Å². The number of rotatable bonds is 8. The molecule has 2 amide bonds. The molecule has 0 fully saturated rings. The monoisotopic (exact) mass is 422 g/mol. The molecule has 1 atom stereocenters. The molecule has 28 heavy (non-hydrogen) atoms. The van der Waals surface area contributed by atoms with Crippen molar-refractivity contribution in [2.45, 2.75) is 33.2 Å². The fourth-order valence-electron chi connectivity index (χ4n) is 2.55. The highest BCUT2D eigenvalue weighted by Gasteiger charge is 2.26. The lowest BCUT2D eigenvalue weighted by molar-refractivity contribution is -0.118. The molecule has 0 spiro atoms. The van der Waals surface area contributed by atoms with Crippen molar-refractivity contribution in [1.29, 1.82) is 0 Å². The van der Waals surface area contributed by atoms with E-state index in [2.05, 4.69) is 10.6 Å². The van der Waals surface area contributed by atoms with Crippen LogP contribution in [0.1, 0.15) is 37.6 Å². The van der Waals surface area contributed by atoms with Gasteiger partial charge in [-0.1, -0.05) is 56.1 Å². The lowest BCUT2D eigenvalue weighted by Gasteiger charge is -2.23. The van der Waals surface area contributed by atoms with Crippen LogP contribution in [0, 0.1) is 5.92 Å². The average molecular weight is 423 g/mol. The highest BCUT2D eigenvalue weighted by atomic mass is 35.5. The van der Waals surface area contributed by atoms with Crippen LogP contribution in [0.3, 0.4) is 0 Å². The summed E-state index contributed by atoms with van der Waals surface area (Å²) in [6, 6.07) is 11.0.